The van der Waals surface area contributed by atoms with Gasteiger partial charge in [0.1, 0.15) is 0 Å². The minimum absolute atomic E-state index is 0.344. The molecule has 0 aromatic heterocycles. The topological polar surface area (TPSA) is 49.3 Å². The number of carboxylic acids is 1. The van der Waals surface area contributed by atoms with E-state index < -0.39 is 5.97 Å². The molecule has 0 amide bonds. The Morgan fingerprint density at radius 2 is 1.21 bits per heavy atom. The number of nitrogens with one attached hydrogen (secondary N) is 1. The number of unbranched alkanes of at least 4 members (excludes halogenated alkanes) is 15. The molecule has 0 bridgehead atoms. The van der Waals surface area contributed by atoms with Crippen LogP contribution < -0.4 is 5.32 Å². The molecule has 0 saturated heterocycles. The monoisotopic (exact) mass is 389 g/mol. The van der Waals surface area contributed by atoms with E-state index in [-0.39, 0.29) is 0 Å². The number of hydrogen-bond acceptors (Lipinski definition) is 2. The summed E-state index contributed by atoms with van der Waals surface area (Å²) in [5, 5.41) is 12.3. The molecule has 160 valence electrons. The van der Waals surface area contributed by atoms with E-state index in [0.717, 1.165) is 18.7 Å². The molecule has 0 atom stereocenters. The van der Waals surface area contributed by atoms with Crippen LogP contribution in [0.15, 0.2) is 24.3 Å². The fourth-order valence-corrected chi connectivity index (χ4v) is 3.67. The van der Waals surface area contributed by atoms with Crippen molar-refractivity contribution in [2.45, 2.75) is 110 Å². The molecule has 0 aliphatic carbocycles. The maximum absolute atomic E-state index is 11.0. The van der Waals surface area contributed by atoms with Crippen molar-refractivity contribution in [3.63, 3.8) is 0 Å². The van der Waals surface area contributed by atoms with Crippen molar-refractivity contribution < 1.29 is 9.90 Å². The van der Waals surface area contributed by atoms with E-state index in [0.29, 0.717) is 5.56 Å². The standard InChI is InChI=1S/C25H43NO2/c1-2-3-4-5-6-7-8-9-10-11-12-13-14-15-16-17-21-26-24-20-18-19-23(22-24)25(27)28/h18-20,22,26H,2-17,21H2,1H3,(H,27,28). The SMILES string of the molecule is CCCCCCCCCCCCCCCCCCNc1cccc(C(=O)O)c1. The second-order valence-corrected chi connectivity index (χ2v) is 8.12. The molecule has 2 N–H and O–H groups in total. The second-order valence-electron chi connectivity index (χ2n) is 8.12. The van der Waals surface area contributed by atoms with Crippen molar-refractivity contribution >= 4 is 11.7 Å². The maximum Gasteiger partial charge on any atom is 0.335 e. The molecule has 0 aliphatic heterocycles. The first-order valence-electron chi connectivity index (χ1n) is 11.8. The quantitative estimate of drug-likeness (QED) is 0.235. The van der Waals surface area contributed by atoms with Gasteiger partial charge in [-0.3, -0.25) is 0 Å². The molecule has 0 saturated carbocycles. The zero-order chi connectivity index (χ0) is 20.3. The molecule has 1 rings (SSSR count). The first-order chi connectivity index (χ1) is 13.7. The minimum atomic E-state index is -0.869. The van der Waals surface area contributed by atoms with Crippen LogP contribution in [0.5, 0.6) is 0 Å². The van der Waals surface area contributed by atoms with Gasteiger partial charge in [-0.15, -0.1) is 0 Å². The number of hydrogen-bond donors (Lipinski definition) is 2. The summed E-state index contributed by atoms with van der Waals surface area (Å²) in [5.74, 6) is -0.869. The third-order valence-corrected chi connectivity index (χ3v) is 5.47. The van der Waals surface area contributed by atoms with Crippen LogP contribution in [0.2, 0.25) is 0 Å². The summed E-state index contributed by atoms with van der Waals surface area (Å²) in [4.78, 5) is 11.0. The van der Waals surface area contributed by atoms with Crippen molar-refractivity contribution in [3.05, 3.63) is 29.8 Å². The van der Waals surface area contributed by atoms with Crippen LogP contribution in [0, 0.1) is 0 Å². The van der Waals surface area contributed by atoms with Gasteiger partial charge in [0, 0.05) is 12.2 Å². The molecular weight excluding hydrogens is 346 g/mol. The van der Waals surface area contributed by atoms with E-state index >= 15 is 0 Å². The summed E-state index contributed by atoms with van der Waals surface area (Å²) in [7, 11) is 0. The number of benzene rings is 1. The molecule has 28 heavy (non-hydrogen) atoms. The second kappa shape index (κ2) is 17.6. The lowest BCUT2D eigenvalue weighted by Gasteiger charge is -2.07. The number of anilines is 1. The fraction of sp³-hybridized carbons (Fsp3) is 0.720. The van der Waals surface area contributed by atoms with E-state index in [9.17, 15) is 4.79 Å². The Morgan fingerprint density at radius 3 is 1.68 bits per heavy atom. The number of carbonyl (C=O) groups is 1. The van der Waals surface area contributed by atoms with Gasteiger partial charge in [0.15, 0.2) is 0 Å². The molecule has 1 aromatic carbocycles. The zero-order valence-corrected chi connectivity index (χ0v) is 18.2. The van der Waals surface area contributed by atoms with Crippen LogP contribution in [0.25, 0.3) is 0 Å². The Bertz CT molecular complexity index is 501. The van der Waals surface area contributed by atoms with Crippen LogP contribution in [-0.4, -0.2) is 17.6 Å². The predicted molar refractivity (Wildman–Crippen MR) is 121 cm³/mol. The van der Waals surface area contributed by atoms with Crippen LogP contribution in [0.3, 0.4) is 0 Å². The highest BCUT2D eigenvalue weighted by Crippen LogP contribution is 2.14. The van der Waals surface area contributed by atoms with Crippen LogP contribution >= 0.6 is 0 Å². The fourth-order valence-electron chi connectivity index (χ4n) is 3.67. The smallest absolute Gasteiger partial charge is 0.335 e. The average molecular weight is 390 g/mol. The molecule has 0 heterocycles. The van der Waals surface area contributed by atoms with Gasteiger partial charge in [0.05, 0.1) is 5.56 Å². The van der Waals surface area contributed by atoms with Gasteiger partial charge in [-0.1, -0.05) is 109 Å². The normalized spacial score (nSPS) is 10.9. The molecular formula is C25H43NO2. The number of aromatic carboxylic acids is 1. The molecule has 0 spiro atoms. The summed E-state index contributed by atoms with van der Waals surface area (Å²) in [6.07, 6.45) is 22.1. The number of rotatable bonds is 19. The van der Waals surface area contributed by atoms with E-state index in [1.165, 1.54) is 96.3 Å². The Labute approximate surface area is 173 Å². The van der Waals surface area contributed by atoms with Gasteiger partial charge in [-0.2, -0.15) is 0 Å². The first kappa shape index (κ1) is 24.5. The summed E-state index contributed by atoms with van der Waals surface area (Å²) < 4.78 is 0. The van der Waals surface area contributed by atoms with Crippen LogP contribution in [-0.2, 0) is 0 Å². The van der Waals surface area contributed by atoms with Crippen molar-refractivity contribution in [2.75, 3.05) is 11.9 Å². The molecule has 1 aromatic rings. The van der Waals surface area contributed by atoms with Gasteiger partial charge in [0.25, 0.3) is 0 Å². The Hall–Kier alpha value is -1.51. The van der Waals surface area contributed by atoms with Crippen molar-refractivity contribution in [2.24, 2.45) is 0 Å². The summed E-state index contributed by atoms with van der Waals surface area (Å²) in [5.41, 5.74) is 1.25. The van der Waals surface area contributed by atoms with Gasteiger partial charge < -0.3 is 10.4 Å². The van der Waals surface area contributed by atoms with Crippen molar-refractivity contribution in [1.29, 1.82) is 0 Å². The van der Waals surface area contributed by atoms with E-state index in [1.807, 2.05) is 6.07 Å². The van der Waals surface area contributed by atoms with Gasteiger partial charge in [-0.05, 0) is 24.6 Å². The van der Waals surface area contributed by atoms with E-state index in [2.05, 4.69) is 12.2 Å². The Kier molecular flexibility index (Phi) is 15.4. The van der Waals surface area contributed by atoms with E-state index in [1.54, 1.807) is 18.2 Å². The van der Waals surface area contributed by atoms with E-state index in [4.69, 9.17) is 5.11 Å². The summed E-state index contributed by atoms with van der Waals surface area (Å²) in [6.45, 7) is 3.20. The largest absolute Gasteiger partial charge is 0.478 e. The lowest BCUT2D eigenvalue weighted by molar-refractivity contribution is 0.0697. The highest BCUT2D eigenvalue weighted by Gasteiger charge is 2.02. The number of carboxylic acid groups (broad SMARTS) is 1. The maximum atomic E-state index is 11.0. The summed E-state index contributed by atoms with van der Waals surface area (Å²) in [6, 6.07) is 7.05. The Morgan fingerprint density at radius 1 is 0.750 bits per heavy atom. The first-order valence-corrected chi connectivity index (χ1v) is 11.8. The molecule has 3 nitrogen and oxygen atoms in total. The third kappa shape index (κ3) is 13.6. The third-order valence-electron chi connectivity index (χ3n) is 5.47. The Balaban J connectivity index is 1.81. The zero-order valence-electron chi connectivity index (χ0n) is 18.2. The predicted octanol–water partition coefficient (Wildman–Crippen LogP) is 8.06. The highest BCUT2D eigenvalue weighted by molar-refractivity contribution is 5.88. The molecule has 0 fully saturated rings. The molecule has 0 radical (unpaired) electrons. The van der Waals surface area contributed by atoms with Gasteiger partial charge in [0.2, 0.25) is 0 Å². The summed E-state index contributed by atoms with van der Waals surface area (Å²) >= 11 is 0. The molecule has 0 unspecified atom stereocenters. The molecule has 3 heteroatoms. The van der Waals surface area contributed by atoms with Gasteiger partial charge >= 0.3 is 5.97 Å². The average Bonchev–Trinajstić information content (AvgIpc) is 2.70. The van der Waals surface area contributed by atoms with Crippen LogP contribution in [0.4, 0.5) is 5.69 Å². The van der Waals surface area contributed by atoms with Gasteiger partial charge in [-0.25, -0.2) is 4.79 Å². The van der Waals surface area contributed by atoms with Crippen LogP contribution in [0.1, 0.15) is 120 Å². The van der Waals surface area contributed by atoms with Crippen molar-refractivity contribution in [1.82, 2.24) is 0 Å². The highest BCUT2D eigenvalue weighted by atomic mass is 16.4. The lowest BCUT2D eigenvalue weighted by atomic mass is 10.0. The lowest BCUT2D eigenvalue weighted by Crippen LogP contribution is -2.03. The minimum Gasteiger partial charge on any atom is -0.478 e. The van der Waals surface area contributed by atoms with Crippen molar-refractivity contribution in [3.8, 4) is 0 Å². The molecule has 0 aliphatic rings.